The van der Waals surface area contributed by atoms with Gasteiger partial charge < -0.3 is 20.3 Å². The second-order valence-corrected chi connectivity index (χ2v) is 11.4. The van der Waals surface area contributed by atoms with E-state index in [4.69, 9.17) is 14.7 Å². The van der Waals surface area contributed by atoms with Crippen LogP contribution < -0.4 is 15.5 Å². The number of morpholine rings is 1. The topological polar surface area (TPSA) is 96.7 Å². The number of rotatable bonds is 7. The lowest BCUT2D eigenvalue weighted by molar-refractivity contribution is -0.137. The third-order valence-corrected chi connectivity index (χ3v) is 8.29. The molecule has 0 atom stereocenters. The van der Waals surface area contributed by atoms with Gasteiger partial charge in [0.2, 0.25) is 5.95 Å². The number of carbonyl (C=O) groups excluding carboxylic acids is 1. The number of aromatic nitrogens is 4. The Morgan fingerprint density at radius 3 is 2.52 bits per heavy atom. The number of halogens is 3. The highest BCUT2D eigenvalue weighted by Crippen LogP contribution is 2.36. The van der Waals surface area contributed by atoms with Gasteiger partial charge in [0, 0.05) is 53.5 Å². The molecule has 13 heteroatoms. The summed E-state index contributed by atoms with van der Waals surface area (Å²) in [5, 5.41) is 7.81. The smallest absolute Gasteiger partial charge is 0.378 e. The normalized spacial score (nSPS) is 13.6. The molecule has 1 saturated heterocycles. The number of hydrogen-bond acceptors (Lipinski definition) is 8. The quantitative estimate of drug-likeness (QED) is 0.188. The van der Waals surface area contributed by atoms with E-state index in [1.807, 2.05) is 34.2 Å². The molecule has 0 radical (unpaired) electrons. The van der Waals surface area contributed by atoms with E-state index in [9.17, 15) is 18.0 Å². The summed E-state index contributed by atoms with van der Waals surface area (Å²) < 4.78 is 48.0. The third-order valence-electron chi connectivity index (χ3n) is 7.53. The summed E-state index contributed by atoms with van der Waals surface area (Å²) in [5.41, 5.74) is 3.38. The van der Waals surface area contributed by atoms with Gasteiger partial charge in [-0.2, -0.15) is 13.2 Å². The first-order valence-electron chi connectivity index (χ1n) is 14.4. The number of thiazole rings is 1. The Kier molecular flexibility index (Phi) is 7.84. The number of carbonyl (C=O) groups is 1. The van der Waals surface area contributed by atoms with Crippen LogP contribution in [-0.2, 0) is 10.9 Å². The Hall–Kier alpha value is -5.27. The van der Waals surface area contributed by atoms with Gasteiger partial charge in [-0.05, 0) is 54.6 Å². The fourth-order valence-electron chi connectivity index (χ4n) is 5.36. The van der Waals surface area contributed by atoms with Crippen molar-refractivity contribution in [3.05, 3.63) is 108 Å². The van der Waals surface area contributed by atoms with Gasteiger partial charge >= 0.3 is 6.18 Å². The highest BCUT2D eigenvalue weighted by molar-refractivity contribution is 7.15. The van der Waals surface area contributed by atoms with Crippen molar-refractivity contribution in [2.45, 2.75) is 6.18 Å². The number of nitrogens with one attached hydrogen (secondary N) is 2. The van der Waals surface area contributed by atoms with Gasteiger partial charge in [-0.15, -0.1) is 11.3 Å². The molecule has 1 amide bonds. The summed E-state index contributed by atoms with van der Waals surface area (Å²) in [7, 11) is 0. The summed E-state index contributed by atoms with van der Waals surface area (Å²) in [6.07, 6.45) is -1.10. The lowest BCUT2D eigenvalue weighted by Gasteiger charge is -2.28. The van der Waals surface area contributed by atoms with Crippen LogP contribution in [0.15, 0.2) is 96.6 Å². The molecular formula is C33H26F3N7O2S. The highest BCUT2D eigenvalue weighted by atomic mass is 32.1. The van der Waals surface area contributed by atoms with Crippen molar-refractivity contribution in [3.63, 3.8) is 0 Å². The van der Waals surface area contributed by atoms with Crippen LogP contribution in [0.4, 0.5) is 36.2 Å². The molecule has 6 aromatic rings. The molecule has 4 heterocycles. The molecule has 1 aliphatic rings. The third kappa shape index (κ3) is 6.02. The van der Waals surface area contributed by atoms with Crippen LogP contribution >= 0.6 is 11.3 Å². The van der Waals surface area contributed by atoms with Crippen molar-refractivity contribution >= 4 is 45.2 Å². The van der Waals surface area contributed by atoms with Crippen molar-refractivity contribution in [3.8, 4) is 22.6 Å². The first-order valence-corrected chi connectivity index (χ1v) is 15.3. The predicted molar refractivity (Wildman–Crippen MR) is 172 cm³/mol. The van der Waals surface area contributed by atoms with Crippen molar-refractivity contribution in [2.24, 2.45) is 0 Å². The Balaban J connectivity index is 1.17. The van der Waals surface area contributed by atoms with E-state index in [1.54, 1.807) is 30.5 Å². The molecule has 1 fully saturated rings. The largest absolute Gasteiger partial charge is 0.417 e. The number of alkyl halides is 3. The van der Waals surface area contributed by atoms with Crippen molar-refractivity contribution in [1.82, 2.24) is 19.4 Å². The Bertz CT molecular complexity index is 2020. The number of ether oxygens (including phenoxy) is 1. The number of nitrogens with zero attached hydrogens (tertiary/aromatic N) is 5. The maximum atomic E-state index is 13.5. The minimum absolute atomic E-state index is 0.326. The zero-order valence-corrected chi connectivity index (χ0v) is 25.0. The van der Waals surface area contributed by atoms with Gasteiger partial charge in [0.25, 0.3) is 5.91 Å². The van der Waals surface area contributed by atoms with Crippen molar-refractivity contribution < 1.29 is 22.7 Å². The van der Waals surface area contributed by atoms with Crippen LogP contribution in [0.2, 0.25) is 0 Å². The minimum atomic E-state index is -4.66. The molecular weight excluding hydrogens is 615 g/mol. The number of fused-ring (bicyclic) bond motifs is 1. The molecule has 232 valence electrons. The fraction of sp³-hybridized carbons (Fsp3) is 0.152. The summed E-state index contributed by atoms with van der Waals surface area (Å²) in [4.78, 5) is 30.0. The summed E-state index contributed by atoms with van der Waals surface area (Å²) in [6, 6.07) is 21.4. The Morgan fingerprint density at radius 1 is 0.913 bits per heavy atom. The molecule has 7 rings (SSSR count). The SMILES string of the molecule is O=C(Nc1cccc(-c2nc3sccn3c2-c2ccnc(Nc3ccc(N4CCOCC4)cc3)n2)c1)c1ccccc1C(F)(F)F. The molecule has 0 spiro atoms. The lowest BCUT2D eigenvalue weighted by atomic mass is 10.1. The zero-order chi connectivity index (χ0) is 31.7. The van der Waals surface area contributed by atoms with Crippen molar-refractivity contribution in [1.29, 1.82) is 0 Å². The van der Waals surface area contributed by atoms with Gasteiger partial charge in [0.15, 0.2) is 4.96 Å². The van der Waals surface area contributed by atoms with Crippen LogP contribution in [0.1, 0.15) is 15.9 Å². The molecule has 2 N–H and O–H groups in total. The average Bonchev–Trinajstić information content (AvgIpc) is 3.67. The number of imidazole rings is 1. The fourth-order valence-corrected chi connectivity index (χ4v) is 6.07. The second kappa shape index (κ2) is 12.3. The molecule has 0 bridgehead atoms. The van der Waals surface area contributed by atoms with E-state index in [2.05, 4.69) is 32.7 Å². The molecule has 0 aliphatic carbocycles. The van der Waals surface area contributed by atoms with Gasteiger partial charge in [0.1, 0.15) is 5.69 Å². The van der Waals surface area contributed by atoms with E-state index < -0.39 is 23.2 Å². The lowest BCUT2D eigenvalue weighted by Crippen LogP contribution is -2.36. The van der Waals surface area contributed by atoms with Crippen LogP contribution in [0.25, 0.3) is 27.6 Å². The van der Waals surface area contributed by atoms with Crippen LogP contribution in [0.5, 0.6) is 0 Å². The molecule has 9 nitrogen and oxygen atoms in total. The first-order chi connectivity index (χ1) is 22.3. The Morgan fingerprint density at radius 2 is 1.72 bits per heavy atom. The number of benzene rings is 3. The summed E-state index contributed by atoms with van der Waals surface area (Å²) >= 11 is 1.45. The van der Waals surface area contributed by atoms with Crippen LogP contribution in [0, 0.1) is 0 Å². The number of amides is 1. The summed E-state index contributed by atoms with van der Waals surface area (Å²) in [5.74, 6) is -0.460. The number of hydrogen-bond donors (Lipinski definition) is 2. The van der Waals surface area contributed by atoms with E-state index in [0.717, 1.165) is 41.6 Å². The highest BCUT2D eigenvalue weighted by Gasteiger charge is 2.35. The van der Waals surface area contributed by atoms with Crippen LogP contribution in [-0.4, -0.2) is 51.6 Å². The first kappa shape index (κ1) is 29.4. The molecule has 46 heavy (non-hydrogen) atoms. The molecule has 1 aliphatic heterocycles. The number of anilines is 4. The maximum Gasteiger partial charge on any atom is 0.417 e. The predicted octanol–water partition coefficient (Wildman–Crippen LogP) is 7.37. The van der Waals surface area contributed by atoms with E-state index in [-0.39, 0.29) is 0 Å². The maximum absolute atomic E-state index is 13.5. The standard InChI is InChI=1S/C33H26F3N7O2S/c34-33(35,36)26-7-2-1-6-25(26)30(44)38-23-5-3-4-21(20-23)28-29(43-16-19-46-32(43)41-28)27-12-13-37-31(40-27)39-22-8-10-24(11-9-22)42-14-17-45-18-15-42/h1-13,16,19-20H,14-15,17-18H2,(H,38,44)(H,37,39,40). The van der Waals surface area contributed by atoms with Crippen molar-refractivity contribution in [2.75, 3.05) is 41.8 Å². The molecule has 0 unspecified atom stereocenters. The van der Waals surface area contributed by atoms with Crippen LogP contribution in [0.3, 0.4) is 0 Å². The van der Waals surface area contributed by atoms with E-state index >= 15 is 0 Å². The monoisotopic (exact) mass is 641 g/mol. The minimum Gasteiger partial charge on any atom is -0.378 e. The van der Waals surface area contributed by atoms with Gasteiger partial charge in [-0.25, -0.2) is 15.0 Å². The second-order valence-electron chi connectivity index (χ2n) is 10.5. The average molecular weight is 642 g/mol. The Labute approximate surface area is 265 Å². The van der Waals surface area contributed by atoms with E-state index in [1.165, 1.54) is 23.5 Å². The molecule has 3 aromatic carbocycles. The van der Waals surface area contributed by atoms with E-state index in [0.29, 0.717) is 47.5 Å². The summed E-state index contributed by atoms with van der Waals surface area (Å²) in [6.45, 7) is 3.13. The molecule has 0 saturated carbocycles. The van der Waals surface area contributed by atoms with Gasteiger partial charge in [0.05, 0.1) is 35.7 Å². The van der Waals surface area contributed by atoms with Gasteiger partial charge in [-0.1, -0.05) is 24.3 Å². The van der Waals surface area contributed by atoms with Gasteiger partial charge in [-0.3, -0.25) is 9.20 Å². The zero-order valence-electron chi connectivity index (χ0n) is 24.2. The molecule has 3 aromatic heterocycles.